The lowest BCUT2D eigenvalue weighted by molar-refractivity contribution is -0.0794. The second-order valence-corrected chi connectivity index (χ2v) is 6.77. The summed E-state index contributed by atoms with van der Waals surface area (Å²) in [6.07, 6.45) is 9.11. The highest BCUT2D eigenvalue weighted by molar-refractivity contribution is 4.93. The molecule has 0 atom stereocenters. The summed E-state index contributed by atoms with van der Waals surface area (Å²) in [5.74, 6) is 1.76. The topological polar surface area (TPSA) is 21.3 Å². The molecule has 2 saturated carbocycles. The highest BCUT2D eigenvalue weighted by Gasteiger charge is 2.37. The van der Waals surface area contributed by atoms with E-state index in [0.717, 1.165) is 37.5 Å². The van der Waals surface area contributed by atoms with E-state index in [-0.39, 0.29) is 5.60 Å². The molecule has 1 N–H and O–H groups in total. The lowest BCUT2D eigenvalue weighted by Crippen LogP contribution is -2.47. The van der Waals surface area contributed by atoms with Gasteiger partial charge in [0.25, 0.3) is 0 Å². The Kier molecular flexibility index (Phi) is 5.08. The normalized spacial score (nSPS) is 33.0. The van der Waals surface area contributed by atoms with Crippen molar-refractivity contribution in [2.75, 3.05) is 13.2 Å². The molecule has 0 aromatic heterocycles. The monoisotopic (exact) mass is 253 g/mol. The van der Waals surface area contributed by atoms with Crippen LogP contribution in [0.2, 0.25) is 0 Å². The van der Waals surface area contributed by atoms with Gasteiger partial charge in [-0.1, -0.05) is 20.8 Å². The zero-order valence-corrected chi connectivity index (χ0v) is 12.5. The molecule has 0 spiro atoms. The summed E-state index contributed by atoms with van der Waals surface area (Å²) in [4.78, 5) is 0. The Labute approximate surface area is 113 Å². The molecule has 18 heavy (non-hydrogen) atoms. The first-order valence-corrected chi connectivity index (χ1v) is 8.02. The van der Waals surface area contributed by atoms with Gasteiger partial charge in [0.2, 0.25) is 0 Å². The third-order valence-electron chi connectivity index (χ3n) is 4.79. The predicted molar refractivity (Wildman–Crippen MR) is 76.8 cm³/mol. The van der Waals surface area contributed by atoms with Crippen LogP contribution in [-0.2, 0) is 4.74 Å². The molecular weight excluding hydrogens is 222 g/mol. The number of hydrogen-bond acceptors (Lipinski definition) is 2. The Morgan fingerprint density at radius 1 is 1.17 bits per heavy atom. The Morgan fingerprint density at radius 3 is 2.33 bits per heavy atom. The van der Waals surface area contributed by atoms with Crippen LogP contribution in [0.5, 0.6) is 0 Å². The molecule has 106 valence electrons. The minimum Gasteiger partial charge on any atom is -0.374 e. The molecule has 0 amide bonds. The van der Waals surface area contributed by atoms with Crippen molar-refractivity contribution in [3.8, 4) is 0 Å². The van der Waals surface area contributed by atoms with Gasteiger partial charge in [-0.25, -0.2) is 0 Å². The number of rotatable bonds is 7. The van der Waals surface area contributed by atoms with Gasteiger partial charge in [0.15, 0.2) is 0 Å². The summed E-state index contributed by atoms with van der Waals surface area (Å²) in [5, 5.41) is 3.70. The molecule has 0 saturated heterocycles. The highest BCUT2D eigenvalue weighted by atomic mass is 16.5. The van der Waals surface area contributed by atoms with E-state index in [9.17, 15) is 0 Å². The SMILES string of the molecule is CCCOC1(CNC2CC2)CCC(C(C)C)CC1. The molecule has 0 heterocycles. The first-order valence-electron chi connectivity index (χ1n) is 8.02. The van der Waals surface area contributed by atoms with Crippen LogP contribution in [0.25, 0.3) is 0 Å². The molecule has 0 aliphatic heterocycles. The van der Waals surface area contributed by atoms with Crippen molar-refractivity contribution in [1.82, 2.24) is 5.32 Å². The average Bonchev–Trinajstić information content (AvgIpc) is 3.19. The maximum atomic E-state index is 6.26. The van der Waals surface area contributed by atoms with E-state index in [1.807, 2.05) is 0 Å². The smallest absolute Gasteiger partial charge is 0.0806 e. The first-order chi connectivity index (χ1) is 8.65. The Bertz CT molecular complexity index is 239. The minimum atomic E-state index is 0.157. The van der Waals surface area contributed by atoms with E-state index >= 15 is 0 Å². The second kappa shape index (κ2) is 6.38. The van der Waals surface area contributed by atoms with Crippen molar-refractivity contribution < 1.29 is 4.74 Å². The third-order valence-corrected chi connectivity index (χ3v) is 4.79. The van der Waals surface area contributed by atoms with Crippen molar-refractivity contribution in [1.29, 1.82) is 0 Å². The largest absolute Gasteiger partial charge is 0.374 e. The van der Waals surface area contributed by atoms with Gasteiger partial charge in [-0.15, -0.1) is 0 Å². The van der Waals surface area contributed by atoms with E-state index < -0.39 is 0 Å². The summed E-state index contributed by atoms with van der Waals surface area (Å²) in [6, 6.07) is 0.801. The van der Waals surface area contributed by atoms with Crippen molar-refractivity contribution in [2.24, 2.45) is 11.8 Å². The fraction of sp³-hybridized carbons (Fsp3) is 1.00. The van der Waals surface area contributed by atoms with Gasteiger partial charge < -0.3 is 10.1 Å². The molecule has 0 radical (unpaired) electrons. The summed E-state index contributed by atoms with van der Waals surface area (Å²) in [5.41, 5.74) is 0.157. The molecule has 0 unspecified atom stereocenters. The molecule has 2 aliphatic rings. The average molecular weight is 253 g/mol. The van der Waals surface area contributed by atoms with Crippen LogP contribution < -0.4 is 5.32 Å². The van der Waals surface area contributed by atoms with Crippen LogP contribution in [-0.4, -0.2) is 24.8 Å². The van der Waals surface area contributed by atoms with Crippen molar-refractivity contribution in [2.45, 2.75) is 77.4 Å². The molecule has 0 aromatic carbocycles. The van der Waals surface area contributed by atoms with E-state index in [1.165, 1.54) is 38.5 Å². The molecule has 0 aromatic rings. The van der Waals surface area contributed by atoms with Crippen LogP contribution in [0.1, 0.15) is 65.7 Å². The first kappa shape index (κ1) is 14.3. The van der Waals surface area contributed by atoms with Crippen LogP contribution in [0.3, 0.4) is 0 Å². The Balaban J connectivity index is 1.84. The molecule has 2 heteroatoms. The van der Waals surface area contributed by atoms with Gasteiger partial charge in [-0.3, -0.25) is 0 Å². The van der Waals surface area contributed by atoms with Gasteiger partial charge in [0.05, 0.1) is 5.60 Å². The zero-order chi connectivity index (χ0) is 13.0. The van der Waals surface area contributed by atoms with Crippen LogP contribution in [0.4, 0.5) is 0 Å². The van der Waals surface area contributed by atoms with Crippen LogP contribution >= 0.6 is 0 Å². The summed E-state index contributed by atoms with van der Waals surface area (Å²) >= 11 is 0. The minimum absolute atomic E-state index is 0.157. The van der Waals surface area contributed by atoms with Crippen LogP contribution in [0.15, 0.2) is 0 Å². The van der Waals surface area contributed by atoms with Gasteiger partial charge in [-0.2, -0.15) is 0 Å². The third kappa shape index (κ3) is 3.96. The molecule has 0 bridgehead atoms. The van der Waals surface area contributed by atoms with E-state index in [4.69, 9.17) is 4.74 Å². The van der Waals surface area contributed by atoms with Gasteiger partial charge >= 0.3 is 0 Å². The molecule has 2 aliphatic carbocycles. The van der Waals surface area contributed by atoms with Gasteiger partial charge in [0.1, 0.15) is 0 Å². The second-order valence-electron chi connectivity index (χ2n) is 6.77. The molecule has 2 rings (SSSR count). The fourth-order valence-electron chi connectivity index (χ4n) is 3.14. The quantitative estimate of drug-likeness (QED) is 0.746. The lowest BCUT2D eigenvalue weighted by Gasteiger charge is -2.41. The van der Waals surface area contributed by atoms with E-state index in [1.54, 1.807) is 0 Å². The number of ether oxygens (including phenoxy) is 1. The predicted octanol–water partition coefficient (Wildman–Crippen LogP) is 3.75. The number of nitrogens with one attached hydrogen (secondary N) is 1. The molecular formula is C16H31NO. The van der Waals surface area contributed by atoms with Crippen molar-refractivity contribution in [3.63, 3.8) is 0 Å². The summed E-state index contributed by atoms with van der Waals surface area (Å²) in [6.45, 7) is 8.96. The van der Waals surface area contributed by atoms with Crippen molar-refractivity contribution >= 4 is 0 Å². The maximum absolute atomic E-state index is 6.26. The van der Waals surface area contributed by atoms with E-state index in [2.05, 4.69) is 26.1 Å². The Morgan fingerprint density at radius 2 is 1.83 bits per heavy atom. The van der Waals surface area contributed by atoms with E-state index in [0.29, 0.717) is 0 Å². The molecule has 2 fully saturated rings. The van der Waals surface area contributed by atoms with Crippen LogP contribution in [0, 0.1) is 11.8 Å². The maximum Gasteiger partial charge on any atom is 0.0806 e. The zero-order valence-electron chi connectivity index (χ0n) is 12.5. The lowest BCUT2D eigenvalue weighted by atomic mass is 9.74. The van der Waals surface area contributed by atoms with Gasteiger partial charge in [0, 0.05) is 19.2 Å². The Hall–Kier alpha value is -0.0800. The molecule has 2 nitrogen and oxygen atoms in total. The highest BCUT2D eigenvalue weighted by Crippen LogP contribution is 2.38. The number of hydrogen-bond donors (Lipinski definition) is 1. The van der Waals surface area contributed by atoms with Crippen molar-refractivity contribution in [3.05, 3.63) is 0 Å². The summed E-state index contributed by atoms with van der Waals surface area (Å²) in [7, 11) is 0. The van der Waals surface area contributed by atoms with Gasteiger partial charge in [-0.05, 0) is 56.8 Å². The fourth-order valence-corrected chi connectivity index (χ4v) is 3.14. The standard InChI is InChI=1S/C16H31NO/c1-4-11-18-16(12-17-15-5-6-15)9-7-14(8-10-16)13(2)3/h13-15,17H,4-12H2,1-3H3. The summed E-state index contributed by atoms with van der Waals surface area (Å²) < 4.78 is 6.26.